The summed E-state index contributed by atoms with van der Waals surface area (Å²) >= 11 is 4.50. The Morgan fingerprint density at radius 3 is 2.47 bits per heavy atom. The molecule has 0 radical (unpaired) electrons. The Morgan fingerprint density at radius 1 is 1.40 bits per heavy atom. The summed E-state index contributed by atoms with van der Waals surface area (Å²) < 4.78 is 36.6. The molecule has 0 aromatic heterocycles. The second-order valence-corrected chi connectivity index (χ2v) is 3.01. The van der Waals surface area contributed by atoms with Crippen LogP contribution in [0.4, 0.5) is 18.9 Å². The summed E-state index contributed by atoms with van der Waals surface area (Å²) in [5, 5.41) is 2.36. The smallest absolute Gasteiger partial charge is 1.00 e. The molecule has 0 bridgehead atoms. The minimum absolute atomic E-state index is 0. The van der Waals surface area contributed by atoms with Crippen molar-refractivity contribution in [1.29, 1.82) is 0 Å². The van der Waals surface area contributed by atoms with E-state index in [1.165, 1.54) is 12.1 Å². The summed E-state index contributed by atoms with van der Waals surface area (Å²) in [6, 6.07) is 4.65. The molecule has 0 atom stereocenters. The maximum absolute atomic E-state index is 12.2. The molecule has 0 amide bonds. The van der Waals surface area contributed by atoms with Gasteiger partial charge in [-0.05, 0) is 30.4 Å². The number of rotatable bonds is 1. The Balaban J connectivity index is 0. The van der Waals surface area contributed by atoms with E-state index in [1.54, 1.807) is 0 Å². The van der Waals surface area contributed by atoms with Gasteiger partial charge in [0.05, 0.1) is 5.56 Å². The quantitative estimate of drug-likeness (QED) is 0.515. The van der Waals surface area contributed by atoms with Crippen LogP contribution in [0.3, 0.4) is 0 Å². The summed E-state index contributed by atoms with van der Waals surface area (Å²) in [5.41, 5.74) is 4.61. The van der Waals surface area contributed by atoms with Gasteiger partial charge in [0, 0.05) is 5.69 Å². The van der Waals surface area contributed by atoms with Crippen LogP contribution < -0.4 is 40.6 Å². The minimum atomic E-state index is -4.35. The van der Waals surface area contributed by atoms with Gasteiger partial charge in [0.15, 0.2) is 5.11 Å². The van der Waals surface area contributed by atoms with Crippen molar-refractivity contribution >= 4 is 23.0 Å². The van der Waals surface area contributed by atoms with Crippen LogP contribution in [0.2, 0.25) is 0 Å². The Kier molecular flexibility index (Phi) is 5.58. The van der Waals surface area contributed by atoms with E-state index in [-0.39, 0.29) is 41.8 Å². The summed E-state index contributed by atoms with van der Waals surface area (Å²) in [7, 11) is 0. The van der Waals surface area contributed by atoms with E-state index in [1.807, 2.05) is 0 Å². The van der Waals surface area contributed by atoms with Crippen LogP contribution in [0, 0.1) is 0 Å². The maximum atomic E-state index is 12.2. The Labute approximate surface area is 114 Å². The predicted molar refractivity (Wildman–Crippen MR) is 53.0 cm³/mol. The molecule has 0 fully saturated rings. The third-order valence-corrected chi connectivity index (χ3v) is 1.56. The number of thiocarbonyl (C=S) groups is 1. The van der Waals surface area contributed by atoms with Crippen molar-refractivity contribution in [1.82, 2.24) is 0 Å². The van der Waals surface area contributed by atoms with E-state index in [2.05, 4.69) is 17.5 Å². The van der Waals surface area contributed by atoms with Crippen LogP contribution in [0.25, 0.3) is 0 Å². The largest absolute Gasteiger partial charge is 1.00 e. The van der Waals surface area contributed by atoms with E-state index in [9.17, 15) is 13.2 Å². The van der Waals surface area contributed by atoms with Crippen molar-refractivity contribution in [2.24, 2.45) is 5.73 Å². The molecule has 15 heavy (non-hydrogen) atoms. The second kappa shape index (κ2) is 5.69. The molecule has 1 aromatic rings. The normalized spacial score (nSPS) is 10.3. The molecule has 0 aliphatic rings. The first-order chi connectivity index (χ1) is 6.39. The number of halogens is 3. The zero-order valence-corrected chi connectivity index (χ0v) is 10.7. The number of alkyl halides is 3. The van der Waals surface area contributed by atoms with Gasteiger partial charge in [-0.1, -0.05) is 6.07 Å². The van der Waals surface area contributed by atoms with E-state index < -0.39 is 11.7 Å². The standard InChI is InChI=1S/C8H7F3N2S.Na.H/c9-8(10,11)5-2-1-3-6(4-5)13-7(12)14;;/h1-4H,(H3,12,13,14);;/q;+1;-1. The molecular formula is C8H8F3N2NaS. The molecule has 3 N–H and O–H groups in total. The van der Waals surface area contributed by atoms with E-state index >= 15 is 0 Å². The Morgan fingerprint density at radius 2 is 2.00 bits per heavy atom. The third-order valence-electron chi connectivity index (χ3n) is 1.46. The predicted octanol–water partition coefficient (Wildman–Crippen LogP) is -0.523. The van der Waals surface area contributed by atoms with E-state index in [4.69, 9.17) is 5.73 Å². The van der Waals surface area contributed by atoms with E-state index in [0.717, 1.165) is 12.1 Å². The average molecular weight is 244 g/mol. The van der Waals surface area contributed by atoms with Gasteiger partial charge in [-0.15, -0.1) is 0 Å². The van der Waals surface area contributed by atoms with Crippen LogP contribution in [-0.2, 0) is 6.18 Å². The van der Waals surface area contributed by atoms with Crippen LogP contribution in [0.15, 0.2) is 24.3 Å². The summed E-state index contributed by atoms with van der Waals surface area (Å²) in [4.78, 5) is 0. The summed E-state index contributed by atoms with van der Waals surface area (Å²) in [6.45, 7) is 0. The minimum Gasteiger partial charge on any atom is -1.00 e. The fourth-order valence-corrected chi connectivity index (χ4v) is 1.03. The van der Waals surface area contributed by atoms with Gasteiger partial charge in [0.1, 0.15) is 0 Å². The van der Waals surface area contributed by atoms with Gasteiger partial charge in [0.2, 0.25) is 0 Å². The zero-order valence-electron chi connectivity index (χ0n) is 8.93. The van der Waals surface area contributed by atoms with Gasteiger partial charge < -0.3 is 12.5 Å². The summed E-state index contributed by atoms with van der Waals surface area (Å²) in [6.07, 6.45) is -4.35. The first kappa shape index (κ1) is 14.7. The van der Waals surface area contributed by atoms with Gasteiger partial charge in [-0.2, -0.15) is 13.2 Å². The van der Waals surface area contributed by atoms with Crippen molar-refractivity contribution in [3.63, 3.8) is 0 Å². The van der Waals surface area contributed by atoms with Gasteiger partial charge in [0.25, 0.3) is 0 Å². The molecule has 0 aliphatic carbocycles. The Bertz CT molecular complexity index is 359. The molecule has 0 saturated heterocycles. The number of nitrogens with two attached hydrogens (primary N) is 1. The number of hydrogen-bond donors (Lipinski definition) is 2. The monoisotopic (exact) mass is 244 g/mol. The number of nitrogens with one attached hydrogen (secondary N) is 1. The molecule has 0 saturated carbocycles. The van der Waals surface area contributed by atoms with Crippen LogP contribution in [-0.4, -0.2) is 5.11 Å². The van der Waals surface area contributed by atoms with Crippen molar-refractivity contribution in [3.05, 3.63) is 29.8 Å². The zero-order chi connectivity index (χ0) is 10.8. The number of anilines is 1. The van der Waals surface area contributed by atoms with Crippen molar-refractivity contribution < 1.29 is 44.2 Å². The van der Waals surface area contributed by atoms with Crippen molar-refractivity contribution in [3.8, 4) is 0 Å². The van der Waals surface area contributed by atoms with E-state index in [0.29, 0.717) is 0 Å². The van der Waals surface area contributed by atoms with Crippen molar-refractivity contribution in [2.45, 2.75) is 6.18 Å². The SMILES string of the molecule is NC(=S)Nc1cccc(C(F)(F)F)c1.[H-].[Na+]. The fraction of sp³-hybridized carbons (Fsp3) is 0.125. The van der Waals surface area contributed by atoms with Crippen LogP contribution in [0.1, 0.15) is 6.99 Å². The first-order valence-corrected chi connectivity index (χ1v) is 4.04. The van der Waals surface area contributed by atoms with Crippen LogP contribution >= 0.6 is 12.2 Å². The molecule has 0 heterocycles. The molecule has 1 rings (SSSR count). The molecule has 7 heteroatoms. The maximum Gasteiger partial charge on any atom is 1.00 e. The van der Waals surface area contributed by atoms with Gasteiger partial charge in [-0.25, -0.2) is 0 Å². The summed E-state index contributed by atoms with van der Waals surface area (Å²) in [5.74, 6) is 0. The topological polar surface area (TPSA) is 38.0 Å². The second-order valence-electron chi connectivity index (χ2n) is 2.57. The van der Waals surface area contributed by atoms with Crippen LogP contribution in [0.5, 0.6) is 0 Å². The third kappa shape index (κ3) is 4.83. The molecule has 0 spiro atoms. The molecule has 2 nitrogen and oxygen atoms in total. The van der Waals surface area contributed by atoms with Gasteiger partial charge >= 0.3 is 35.7 Å². The molecule has 1 aromatic carbocycles. The molecule has 78 valence electrons. The number of benzene rings is 1. The molecule has 0 unspecified atom stereocenters. The number of hydrogen-bond acceptors (Lipinski definition) is 1. The first-order valence-electron chi connectivity index (χ1n) is 3.63. The Hall–Kier alpha value is -0.300. The molecular weight excluding hydrogens is 236 g/mol. The van der Waals surface area contributed by atoms with Gasteiger partial charge in [-0.3, -0.25) is 0 Å². The average Bonchev–Trinajstić information content (AvgIpc) is 2.01. The molecule has 0 aliphatic heterocycles. The van der Waals surface area contributed by atoms with Crippen molar-refractivity contribution in [2.75, 3.05) is 5.32 Å². The fourth-order valence-electron chi connectivity index (χ4n) is 0.916.